The van der Waals surface area contributed by atoms with E-state index in [0.29, 0.717) is 0 Å². The molecule has 0 fully saturated rings. The Balaban J connectivity index is 0.00000134. The van der Waals surface area contributed by atoms with Gasteiger partial charge in [-0.05, 0) is 0 Å². The second-order valence-electron chi connectivity index (χ2n) is 3.84. The van der Waals surface area contributed by atoms with Crippen molar-refractivity contribution < 1.29 is 47.5 Å². The standard InChI is InChI=1S/C11H5Cl2F3N4O.HNO2.Na/c12-7-2-6(21-11(14,15)16)3-8(13)10(7)20-9(18)1-5(4-17)19-20;2-1-3;/h1-3H,18H2;(H,2,3);/q;;+1/p-1. The summed E-state index contributed by atoms with van der Waals surface area (Å²) in [6.45, 7) is 0. The van der Waals surface area contributed by atoms with E-state index in [0.717, 1.165) is 22.2 Å². The number of benzene rings is 1. The zero-order chi connectivity index (χ0) is 18.5. The van der Waals surface area contributed by atoms with E-state index in [1.165, 1.54) is 6.07 Å². The molecule has 0 radical (unpaired) electrons. The maximum absolute atomic E-state index is 12.2. The van der Waals surface area contributed by atoms with Gasteiger partial charge in [-0.25, -0.2) is 4.68 Å². The van der Waals surface area contributed by atoms with Crippen LogP contribution >= 0.6 is 23.2 Å². The van der Waals surface area contributed by atoms with Crippen molar-refractivity contribution >= 4 is 29.0 Å². The fourth-order valence-corrected chi connectivity index (χ4v) is 2.19. The van der Waals surface area contributed by atoms with Crippen molar-refractivity contribution in [3.8, 4) is 17.5 Å². The third-order valence-electron chi connectivity index (χ3n) is 2.29. The van der Waals surface area contributed by atoms with Gasteiger partial charge in [-0.1, -0.05) is 23.2 Å². The van der Waals surface area contributed by atoms with Crippen molar-refractivity contribution in [2.45, 2.75) is 6.36 Å². The molecule has 0 spiro atoms. The Labute approximate surface area is 170 Å². The molecular weight excluding hydrogens is 401 g/mol. The summed E-state index contributed by atoms with van der Waals surface area (Å²) in [6.07, 6.45) is -4.87. The van der Waals surface area contributed by atoms with E-state index in [1.807, 2.05) is 0 Å². The molecule has 8 nitrogen and oxygen atoms in total. The summed E-state index contributed by atoms with van der Waals surface area (Å²) in [5.74, 6) is -0.521. The van der Waals surface area contributed by atoms with Gasteiger partial charge in [-0.3, -0.25) is 0 Å². The van der Waals surface area contributed by atoms with Crippen LogP contribution in [0.15, 0.2) is 23.5 Å². The molecule has 0 aliphatic rings. The van der Waals surface area contributed by atoms with Gasteiger partial charge in [-0.15, -0.1) is 18.5 Å². The number of rotatable bonds is 2. The van der Waals surface area contributed by atoms with Gasteiger partial charge in [0.25, 0.3) is 0 Å². The zero-order valence-electron chi connectivity index (χ0n) is 12.2. The van der Waals surface area contributed by atoms with Crippen LogP contribution < -0.4 is 40.0 Å². The second kappa shape index (κ2) is 9.69. The summed E-state index contributed by atoms with van der Waals surface area (Å²) in [6, 6.07) is 4.88. The zero-order valence-corrected chi connectivity index (χ0v) is 15.7. The van der Waals surface area contributed by atoms with Gasteiger partial charge in [0.2, 0.25) is 0 Å². The molecule has 2 N–H and O–H groups in total. The summed E-state index contributed by atoms with van der Waals surface area (Å²) in [7, 11) is 0. The van der Waals surface area contributed by atoms with E-state index >= 15 is 0 Å². The first-order valence-corrected chi connectivity index (χ1v) is 6.34. The number of nitriles is 1. The van der Waals surface area contributed by atoms with Crippen molar-refractivity contribution in [3.05, 3.63) is 44.1 Å². The summed E-state index contributed by atoms with van der Waals surface area (Å²) >= 11 is 11.8. The molecular formula is C11H5Cl2F3N5NaO3. The molecule has 0 aliphatic heterocycles. The second-order valence-corrected chi connectivity index (χ2v) is 4.65. The summed E-state index contributed by atoms with van der Waals surface area (Å²) < 4.78 is 41.3. The summed E-state index contributed by atoms with van der Waals surface area (Å²) in [5.41, 5.74) is 5.70. The molecule has 0 bridgehead atoms. The topological polar surface area (TPSA) is 129 Å². The fraction of sp³-hybridized carbons (Fsp3) is 0.0909. The van der Waals surface area contributed by atoms with Gasteiger partial charge >= 0.3 is 35.9 Å². The number of halogens is 5. The third-order valence-corrected chi connectivity index (χ3v) is 2.86. The number of ether oxygens (including phenoxy) is 1. The average Bonchev–Trinajstić information content (AvgIpc) is 2.78. The quantitative estimate of drug-likeness (QED) is 0.446. The van der Waals surface area contributed by atoms with Crippen LogP contribution in [0.2, 0.25) is 10.0 Å². The minimum absolute atomic E-state index is 0. The first kappa shape index (κ1) is 23.3. The fourth-order valence-electron chi connectivity index (χ4n) is 1.57. The van der Waals surface area contributed by atoms with Gasteiger partial charge in [0.05, 0.1) is 10.0 Å². The number of hydrogen-bond donors (Lipinski definition) is 1. The Bertz CT molecular complexity index is 771. The first-order valence-electron chi connectivity index (χ1n) is 5.58. The normalized spacial score (nSPS) is 9.92. The van der Waals surface area contributed by atoms with Crippen LogP contribution in [0.25, 0.3) is 5.69 Å². The summed E-state index contributed by atoms with van der Waals surface area (Å²) in [4.78, 5) is 8.00. The van der Waals surface area contributed by atoms with Crippen LogP contribution in [0.1, 0.15) is 5.69 Å². The van der Waals surface area contributed by atoms with Crippen LogP contribution in [0, 0.1) is 21.4 Å². The maximum Gasteiger partial charge on any atom is 1.00 e. The van der Waals surface area contributed by atoms with Gasteiger partial charge in [-0.2, -0.15) is 10.4 Å². The Hall–Kier alpha value is -1.71. The number of alkyl halides is 3. The Kier molecular flexibility index (Phi) is 9.03. The molecule has 14 heteroatoms. The average molecular weight is 406 g/mol. The van der Waals surface area contributed by atoms with Crippen molar-refractivity contribution in [3.63, 3.8) is 0 Å². The molecule has 0 unspecified atom stereocenters. The molecule has 2 rings (SSSR count). The van der Waals surface area contributed by atoms with Crippen LogP contribution in [0.5, 0.6) is 5.75 Å². The molecule has 0 atom stereocenters. The van der Waals surface area contributed by atoms with Crippen LogP contribution in [-0.4, -0.2) is 16.1 Å². The van der Waals surface area contributed by atoms with Crippen LogP contribution in [0.4, 0.5) is 19.0 Å². The van der Waals surface area contributed by atoms with Crippen molar-refractivity contribution in [1.82, 2.24) is 9.78 Å². The molecule has 0 saturated carbocycles. The number of anilines is 1. The molecule has 0 saturated heterocycles. The molecule has 1 heterocycles. The Morgan fingerprint density at radius 2 is 1.80 bits per heavy atom. The number of aromatic nitrogens is 2. The van der Waals surface area contributed by atoms with Gasteiger partial charge in [0, 0.05) is 18.2 Å². The largest absolute Gasteiger partial charge is 1.00 e. The van der Waals surface area contributed by atoms with E-state index in [4.69, 9.17) is 44.3 Å². The number of hydrogen-bond acceptors (Lipinski definition) is 7. The SMILES string of the molecule is N#Cc1cc(N)n(-c2c(Cl)cc(OC(F)(F)F)cc2Cl)n1.O=N[O-].[Na+]. The summed E-state index contributed by atoms with van der Waals surface area (Å²) in [5, 5.41) is 21.2. The van der Waals surface area contributed by atoms with E-state index in [1.54, 1.807) is 6.07 Å². The maximum atomic E-state index is 12.2. The Morgan fingerprint density at radius 3 is 2.16 bits per heavy atom. The molecule has 128 valence electrons. The minimum Gasteiger partial charge on any atom is -0.444 e. The van der Waals surface area contributed by atoms with Gasteiger partial charge in [0.15, 0.2) is 5.69 Å². The monoisotopic (exact) mass is 405 g/mol. The van der Waals surface area contributed by atoms with Crippen LogP contribution in [-0.2, 0) is 0 Å². The van der Waals surface area contributed by atoms with E-state index in [9.17, 15) is 13.2 Å². The first-order chi connectivity index (χ1) is 11.1. The number of nitrogens with zero attached hydrogens (tertiary/aromatic N) is 4. The molecule has 0 aliphatic carbocycles. The smallest absolute Gasteiger partial charge is 0.444 e. The van der Waals surface area contributed by atoms with E-state index in [-0.39, 0.29) is 56.8 Å². The molecule has 25 heavy (non-hydrogen) atoms. The molecule has 2 aromatic rings. The predicted molar refractivity (Wildman–Crippen MR) is 78.6 cm³/mol. The van der Waals surface area contributed by atoms with Crippen molar-refractivity contribution in [2.24, 2.45) is 5.34 Å². The van der Waals surface area contributed by atoms with E-state index < -0.39 is 12.1 Å². The minimum atomic E-state index is -4.87. The molecule has 1 aromatic carbocycles. The predicted octanol–water partition coefficient (Wildman–Crippen LogP) is 0.786. The Morgan fingerprint density at radius 1 is 1.32 bits per heavy atom. The van der Waals surface area contributed by atoms with Gasteiger partial charge in [0.1, 0.15) is 23.3 Å². The molecule has 1 aromatic heterocycles. The number of nitrogens with two attached hydrogens (primary N) is 1. The van der Waals surface area contributed by atoms with Gasteiger partial charge < -0.3 is 20.6 Å². The van der Waals surface area contributed by atoms with Crippen molar-refractivity contribution in [1.29, 1.82) is 5.26 Å². The molecule has 0 amide bonds. The van der Waals surface area contributed by atoms with E-state index in [2.05, 4.69) is 9.84 Å². The third kappa shape index (κ3) is 6.60. The number of nitrogen functional groups attached to an aromatic ring is 1. The van der Waals surface area contributed by atoms with Crippen molar-refractivity contribution in [2.75, 3.05) is 5.73 Å². The van der Waals surface area contributed by atoms with Crippen LogP contribution in [0.3, 0.4) is 0 Å².